The minimum Gasteiger partial charge on any atom is -0.424 e. The first-order chi connectivity index (χ1) is 12.7. The number of carbonyl (C=O) groups excluding carboxylic acids is 3. The maximum Gasteiger partial charge on any atom is 0.308 e. The molecule has 0 saturated carbocycles. The van der Waals surface area contributed by atoms with Crippen LogP contribution in [0.25, 0.3) is 5.76 Å². The summed E-state index contributed by atoms with van der Waals surface area (Å²) in [6, 6.07) is 13.6. The second-order valence-corrected chi connectivity index (χ2v) is 7.51. The van der Waals surface area contributed by atoms with E-state index < -0.39 is 33.4 Å². The van der Waals surface area contributed by atoms with E-state index in [1.54, 1.807) is 24.3 Å². The van der Waals surface area contributed by atoms with Gasteiger partial charge in [0.25, 0.3) is 10.0 Å². The molecule has 1 heterocycles. The van der Waals surface area contributed by atoms with Gasteiger partial charge in [-0.15, -0.1) is 0 Å². The van der Waals surface area contributed by atoms with E-state index in [4.69, 9.17) is 4.74 Å². The summed E-state index contributed by atoms with van der Waals surface area (Å²) < 4.78 is 31.6. The number of ketones is 1. The molecule has 0 fully saturated rings. The number of carbonyl (C=O) groups is 3. The first-order valence-corrected chi connectivity index (χ1v) is 9.37. The smallest absolute Gasteiger partial charge is 0.308 e. The first kappa shape index (κ1) is 18.5. The van der Waals surface area contributed by atoms with Crippen LogP contribution in [-0.4, -0.2) is 30.4 Å². The minimum absolute atomic E-state index is 0.0458. The van der Waals surface area contributed by atoms with Crippen LogP contribution in [0.15, 0.2) is 65.2 Å². The third-order valence-electron chi connectivity index (χ3n) is 3.85. The zero-order valence-corrected chi connectivity index (χ0v) is 15.3. The number of Topliss-reactive ketones (excluding diaryl/α,β-unsaturated/α-hetero) is 1. The fraction of sp³-hybridized carbons (Fsp3) is 0.105. The van der Waals surface area contributed by atoms with Crippen LogP contribution in [0.3, 0.4) is 0 Å². The van der Waals surface area contributed by atoms with Crippen LogP contribution in [0.5, 0.6) is 0 Å². The Kier molecular flexibility index (Phi) is 4.67. The van der Waals surface area contributed by atoms with E-state index in [9.17, 15) is 22.8 Å². The molecule has 3 rings (SSSR count). The van der Waals surface area contributed by atoms with Gasteiger partial charge in [0.1, 0.15) is 0 Å². The lowest BCUT2D eigenvalue weighted by atomic mass is 10.0. The lowest BCUT2D eigenvalue weighted by molar-refractivity contribution is -0.134. The Hall–Kier alpha value is -3.26. The average Bonchev–Trinajstić information content (AvgIpc) is 2.63. The number of amides is 1. The average molecular weight is 385 g/mol. The van der Waals surface area contributed by atoms with E-state index in [0.717, 1.165) is 13.8 Å². The van der Waals surface area contributed by atoms with Gasteiger partial charge in [-0.25, -0.2) is 8.42 Å². The molecule has 0 atom stereocenters. The molecule has 2 aromatic rings. The zero-order chi connectivity index (χ0) is 19.8. The number of benzene rings is 2. The molecule has 0 saturated heterocycles. The van der Waals surface area contributed by atoms with E-state index in [2.05, 4.69) is 0 Å². The summed E-state index contributed by atoms with van der Waals surface area (Å²) in [5, 5.41) is 0. The van der Waals surface area contributed by atoms with Crippen LogP contribution in [0.2, 0.25) is 0 Å². The van der Waals surface area contributed by atoms with Crippen molar-refractivity contribution in [2.45, 2.75) is 18.7 Å². The summed E-state index contributed by atoms with van der Waals surface area (Å²) in [5.41, 5.74) is -0.315. The molecule has 1 aliphatic heterocycles. The molecule has 8 heteroatoms. The minimum atomic E-state index is -4.34. The van der Waals surface area contributed by atoms with Crippen LogP contribution in [-0.2, 0) is 24.3 Å². The number of hydrogen-bond donors (Lipinski definition) is 0. The van der Waals surface area contributed by atoms with Gasteiger partial charge in [0.2, 0.25) is 11.7 Å². The van der Waals surface area contributed by atoms with E-state index in [-0.39, 0.29) is 21.8 Å². The Morgan fingerprint density at radius 2 is 1.48 bits per heavy atom. The molecule has 7 nitrogen and oxygen atoms in total. The molecule has 2 aromatic carbocycles. The van der Waals surface area contributed by atoms with Gasteiger partial charge in [-0.3, -0.25) is 14.4 Å². The maximum atomic E-state index is 13.1. The van der Waals surface area contributed by atoms with Crippen molar-refractivity contribution in [2.75, 3.05) is 0 Å². The highest BCUT2D eigenvalue weighted by Gasteiger charge is 2.43. The number of allylic oxidation sites excluding steroid dienone is 1. The highest BCUT2D eigenvalue weighted by molar-refractivity contribution is 7.90. The second kappa shape index (κ2) is 6.81. The molecule has 0 radical (unpaired) electrons. The topological polar surface area (TPSA) is 97.8 Å². The van der Waals surface area contributed by atoms with E-state index in [1.165, 1.54) is 30.3 Å². The van der Waals surface area contributed by atoms with Crippen LogP contribution < -0.4 is 0 Å². The molecule has 0 aromatic heterocycles. The number of ether oxygens (including phenoxy) is 1. The maximum absolute atomic E-state index is 13.1. The monoisotopic (exact) mass is 385 g/mol. The van der Waals surface area contributed by atoms with Crippen LogP contribution >= 0.6 is 0 Å². The largest absolute Gasteiger partial charge is 0.424 e. The highest BCUT2D eigenvalue weighted by Crippen LogP contribution is 2.38. The van der Waals surface area contributed by atoms with Crippen LogP contribution in [0.4, 0.5) is 0 Å². The number of sulfonamides is 1. The summed E-state index contributed by atoms with van der Waals surface area (Å²) in [6.45, 7) is 2.15. The second-order valence-electron chi connectivity index (χ2n) is 5.75. The molecule has 1 amide bonds. The fourth-order valence-corrected chi connectivity index (χ4v) is 4.44. The lowest BCUT2D eigenvalue weighted by Gasteiger charge is -2.30. The SMILES string of the molecule is CC(=O)OC1=C(C(=O)c2ccccc2)N(C(C)=O)S(=O)(=O)c2ccccc21. The predicted molar refractivity (Wildman–Crippen MR) is 95.6 cm³/mol. The standard InChI is InChI=1S/C19H15NO6S/c1-12(21)20-17(18(23)14-8-4-3-5-9-14)19(26-13(2)22)15-10-6-7-11-16(15)27(20,24)25/h3-11H,1-2H3. The molecule has 0 N–H and O–H groups in total. The van der Waals surface area contributed by atoms with Gasteiger partial charge < -0.3 is 4.74 Å². The Balaban J connectivity index is 2.40. The number of nitrogens with zero attached hydrogens (tertiary/aromatic N) is 1. The predicted octanol–water partition coefficient (Wildman–Crippen LogP) is 2.35. The highest BCUT2D eigenvalue weighted by atomic mass is 32.2. The van der Waals surface area contributed by atoms with Gasteiger partial charge in [-0.2, -0.15) is 4.31 Å². The molecule has 0 spiro atoms. The van der Waals surface area contributed by atoms with Crippen molar-refractivity contribution < 1.29 is 27.5 Å². The van der Waals surface area contributed by atoms with Crippen LogP contribution in [0, 0.1) is 0 Å². The van der Waals surface area contributed by atoms with Gasteiger partial charge in [0.05, 0.1) is 4.90 Å². The molecule has 0 bridgehead atoms. The fourth-order valence-electron chi connectivity index (χ4n) is 2.81. The Morgan fingerprint density at radius 1 is 0.889 bits per heavy atom. The summed E-state index contributed by atoms with van der Waals surface area (Å²) in [6.07, 6.45) is 0. The van der Waals surface area contributed by atoms with Crippen molar-refractivity contribution in [3.63, 3.8) is 0 Å². The number of esters is 1. The van der Waals surface area contributed by atoms with Gasteiger partial charge in [-0.1, -0.05) is 42.5 Å². The third kappa shape index (κ3) is 3.15. The van der Waals surface area contributed by atoms with E-state index >= 15 is 0 Å². The Bertz CT molecular complexity index is 1090. The quantitative estimate of drug-likeness (QED) is 0.594. The normalized spacial score (nSPS) is 15.1. The molecule has 138 valence electrons. The lowest BCUT2D eigenvalue weighted by Crippen LogP contribution is -2.41. The zero-order valence-electron chi connectivity index (χ0n) is 14.5. The molecule has 0 aliphatic carbocycles. The third-order valence-corrected chi connectivity index (χ3v) is 5.68. The molecule has 1 aliphatic rings. The van der Waals surface area contributed by atoms with Crippen LogP contribution in [0.1, 0.15) is 29.8 Å². The van der Waals surface area contributed by atoms with E-state index in [1.807, 2.05) is 0 Å². The number of hydrogen-bond acceptors (Lipinski definition) is 6. The summed E-state index contributed by atoms with van der Waals surface area (Å²) in [7, 11) is -4.34. The number of rotatable bonds is 3. The van der Waals surface area contributed by atoms with Crippen molar-refractivity contribution in [3.05, 3.63) is 71.4 Å². The molecule has 0 unspecified atom stereocenters. The molecule has 27 heavy (non-hydrogen) atoms. The summed E-state index contributed by atoms with van der Waals surface area (Å²) in [4.78, 5) is 36.7. The van der Waals surface area contributed by atoms with Gasteiger partial charge in [0.15, 0.2) is 11.5 Å². The van der Waals surface area contributed by atoms with Crippen molar-refractivity contribution in [1.29, 1.82) is 0 Å². The summed E-state index contributed by atoms with van der Waals surface area (Å²) >= 11 is 0. The van der Waals surface area contributed by atoms with Crippen molar-refractivity contribution in [3.8, 4) is 0 Å². The Labute approximate surface area is 155 Å². The number of fused-ring (bicyclic) bond motifs is 1. The van der Waals surface area contributed by atoms with E-state index in [0.29, 0.717) is 4.31 Å². The van der Waals surface area contributed by atoms with Crippen molar-refractivity contribution in [2.24, 2.45) is 0 Å². The van der Waals surface area contributed by atoms with Gasteiger partial charge in [0, 0.05) is 25.0 Å². The van der Waals surface area contributed by atoms with Crippen molar-refractivity contribution >= 4 is 33.4 Å². The van der Waals surface area contributed by atoms with Gasteiger partial charge in [-0.05, 0) is 12.1 Å². The molecular formula is C19H15NO6S. The Morgan fingerprint density at radius 3 is 2.07 bits per heavy atom. The molecular weight excluding hydrogens is 370 g/mol. The summed E-state index contributed by atoms with van der Waals surface area (Å²) in [5.74, 6) is -2.66. The first-order valence-electron chi connectivity index (χ1n) is 7.93. The van der Waals surface area contributed by atoms with Gasteiger partial charge >= 0.3 is 5.97 Å². The van der Waals surface area contributed by atoms with Crippen molar-refractivity contribution in [1.82, 2.24) is 4.31 Å².